The Morgan fingerprint density at radius 2 is 2.09 bits per heavy atom. The van der Waals surface area contributed by atoms with E-state index in [0.717, 1.165) is 36.8 Å². The molecule has 2 amide bonds. The molecule has 0 spiro atoms. The van der Waals surface area contributed by atoms with Crippen LogP contribution in [0.1, 0.15) is 11.5 Å². The second-order valence-corrected chi connectivity index (χ2v) is 6.67. The molecule has 0 radical (unpaired) electrons. The molecule has 2 fully saturated rings. The van der Waals surface area contributed by atoms with Gasteiger partial charge in [0.05, 0.1) is 12.2 Å². The lowest BCUT2D eigenvalue weighted by Crippen LogP contribution is -2.50. The Balaban J connectivity index is 1.44. The van der Waals surface area contributed by atoms with Gasteiger partial charge in [-0.2, -0.15) is 0 Å². The van der Waals surface area contributed by atoms with Crippen LogP contribution in [0.15, 0.2) is 10.6 Å². The fourth-order valence-corrected chi connectivity index (χ4v) is 3.52. The standard InChI is InChI=1S/C14H20N4O3S/c1-11-8-12(21-15-11)9-16-2-4-17(5-3-16)13(19)10-18-6-7-22-14(18)20/h8H,2-7,9-10H2,1H3. The van der Waals surface area contributed by atoms with E-state index in [4.69, 9.17) is 4.52 Å². The average Bonchev–Trinajstić information content (AvgIpc) is 3.09. The summed E-state index contributed by atoms with van der Waals surface area (Å²) in [6, 6.07) is 1.94. The molecule has 2 aliphatic heterocycles. The molecule has 0 atom stereocenters. The molecule has 1 aromatic heterocycles. The first-order valence-corrected chi connectivity index (χ1v) is 8.44. The first kappa shape index (κ1) is 15.4. The lowest BCUT2D eigenvalue weighted by atomic mass is 10.2. The number of hydrogen-bond donors (Lipinski definition) is 0. The first-order chi connectivity index (χ1) is 10.6. The summed E-state index contributed by atoms with van der Waals surface area (Å²) in [7, 11) is 0. The number of carbonyl (C=O) groups excluding carboxylic acids is 2. The zero-order valence-corrected chi connectivity index (χ0v) is 13.5. The van der Waals surface area contributed by atoms with Crippen molar-refractivity contribution < 1.29 is 14.1 Å². The predicted molar refractivity (Wildman–Crippen MR) is 82.5 cm³/mol. The summed E-state index contributed by atoms with van der Waals surface area (Å²) in [5, 5.41) is 3.91. The SMILES string of the molecule is Cc1cc(CN2CCN(C(=O)CN3CCSC3=O)CC2)on1. The highest BCUT2D eigenvalue weighted by Crippen LogP contribution is 2.17. The van der Waals surface area contributed by atoms with Gasteiger partial charge in [0.25, 0.3) is 5.24 Å². The largest absolute Gasteiger partial charge is 0.360 e. The van der Waals surface area contributed by atoms with E-state index in [0.29, 0.717) is 19.6 Å². The van der Waals surface area contributed by atoms with Crippen LogP contribution in [0.3, 0.4) is 0 Å². The minimum absolute atomic E-state index is 0.0210. The van der Waals surface area contributed by atoms with Crippen LogP contribution in [0.5, 0.6) is 0 Å². The Bertz CT molecular complexity index is 554. The number of aryl methyl sites for hydroxylation is 1. The van der Waals surface area contributed by atoms with Crippen molar-refractivity contribution in [3.63, 3.8) is 0 Å². The van der Waals surface area contributed by atoms with Crippen LogP contribution in [-0.2, 0) is 11.3 Å². The number of carbonyl (C=O) groups is 2. The van der Waals surface area contributed by atoms with E-state index in [1.54, 1.807) is 4.90 Å². The molecule has 2 saturated heterocycles. The van der Waals surface area contributed by atoms with Crippen LogP contribution >= 0.6 is 11.8 Å². The summed E-state index contributed by atoms with van der Waals surface area (Å²) in [5.41, 5.74) is 0.886. The van der Waals surface area contributed by atoms with Crippen LogP contribution in [0.2, 0.25) is 0 Å². The molecule has 3 heterocycles. The second kappa shape index (κ2) is 6.70. The molecule has 0 bridgehead atoms. The molecule has 2 aliphatic rings. The number of amides is 2. The molecule has 0 aromatic carbocycles. The van der Waals surface area contributed by atoms with Crippen LogP contribution < -0.4 is 0 Å². The van der Waals surface area contributed by atoms with E-state index >= 15 is 0 Å². The molecule has 120 valence electrons. The molecule has 0 N–H and O–H groups in total. The fraction of sp³-hybridized carbons (Fsp3) is 0.643. The molecule has 0 unspecified atom stereocenters. The Labute approximate surface area is 133 Å². The average molecular weight is 324 g/mol. The maximum Gasteiger partial charge on any atom is 0.282 e. The highest BCUT2D eigenvalue weighted by atomic mass is 32.2. The third kappa shape index (κ3) is 3.61. The summed E-state index contributed by atoms with van der Waals surface area (Å²) in [5.74, 6) is 1.69. The zero-order chi connectivity index (χ0) is 15.5. The number of piperazine rings is 1. The quantitative estimate of drug-likeness (QED) is 0.816. The van der Waals surface area contributed by atoms with Crippen molar-refractivity contribution in [2.24, 2.45) is 0 Å². The summed E-state index contributed by atoms with van der Waals surface area (Å²) in [6.45, 7) is 6.55. The maximum absolute atomic E-state index is 12.2. The predicted octanol–water partition coefficient (Wildman–Crippen LogP) is 0.796. The van der Waals surface area contributed by atoms with Gasteiger partial charge in [-0.15, -0.1) is 0 Å². The molecular formula is C14H20N4O3S. The molecule has 8 heteroatoms. The smallest absolute Gasteiger partial charge is 0.282 e. The van der Waals surface area contributed by atoms with Gasteiger partial charge in [0.1, 0.15) is 6.54 Å². The summed E-state index contributed by atoms with van der Waals surface area (Å²) < 4.78 is 5.22. The van der Waals surface area contributed by atoms with Gasteiger partial charge in [-0.05, 0) is 6.92 Å². The van der Waals surface area contributed by atoms with Gasteiger partial charge in [-0.1, -0.05) is 16.9 Å². The van der Waals surface area contributed by atoms with E-state index in [9.17, 15) is 9.59 Å². The van der Waals surface area contributed by atoms with Gasteiger partial charge < -0.3 is 14.3 Å². The first-order valence-electron chi connectivity index (χ1n) is 7.46. The molecule has 3 rings (SSSR count). The third-order valence-electron chi connectivity index (χ3n) is 3.95. The van der Waals surface area contributed by atoms with Gasteiger partial charge in [0, 0.05) is 44.5 Å². The minimum atomic E-state index is 0.0210. The normalized spacial score (nSPS) is 20.0. The number of thioether (sulfide) groups is 1. The van der Waals surface area contributed by atoms with E-state index < -0.39 is 0 Å². The molecular weight excluding hydrogens is 304 g/mol. The van der Waals surface area contributed by atoms with Gasteiger partial charge >= 0.3 is 0 Å². The zero-order valence-electron chi connectivity index (χ0n) is 12.7. The van der Waals surface area contributed by atoms with E-state index in [1.807, 2.05) is 17.9 Å². The highest BCUT2D eigenvalue weighted by molar-refractivity contribution is 8.13. The van der Waals surface area contributed by atoms with Crippen molar-refractivity contribution >= 4 is 22.9 Å². The van der Waals surface area contributed by atoms with E-state index in [-0.39, 0.29) is 17.7 Å². The van der Waals surface area contributed by atoms with Crippen molar-refractivity contribution in [1.82, 2.24) is 19.9 Å². The van der Waals surface area contributed by atoms with Crippen LogP contribution in [0.4, 0.5) is 4.79 Å². The van der Waals surface area contributed by atoms with Crippen LogP contribution in [-0.4, -0.2) is 76.0 Å². The van der Waals surface area contributed by atoms with E-state index in [1.165, 1.54) is 11.8 Å². The second-order valence-electron chi connectivity index (χ2n) is 5.63. The summed E-state index contributed by atoms with van der Waals surface area (Å²) in [4.78, 5) is 29.5. The van der Waals surface area contributed by atoms with Crippen molar-refractivity contribution in [3.8, 4) is 0 Å². The lowest BCUT2D eigenvalue weighted by Gasteiger charge is -2.34. The topological polar surface area (TPSA) is 69.9 Å². The van der Waals surface area contributed by atoms with Crippen molar-refractivity contribution in [3.05, 3.63) is 17.5 Å². The van der Waals surface area contributed by atoms with Gasteiger partial charge in [-0.3, -0.25) is 14.5 Å². The highest BCUT2D eigenvalue weighted by Gasteiger charge is 2.27. The number of aromatic nitrogens is 1. The lowest BCUT2D eigenvalue weighted by molar-refractivity contribution is -0.133. The Kier molecular flexibility index (Phi) is 4.68. The Morgan fingerprint density at radius 1 is 1.32 bits per heavy atom. The third-order valence-corrected chi connectivity index (χ3v) is 4.84. The molecule has 22 heavy (non-hydrogen) atoms. The van der Waals surface area contributed by atoms with Crippen LogP contribution in [0, 0.1) is 6.92 Å². The van der Waals surface area contributed by atoms with Crippen LogP contribution in [0.25, 0.3) is 0 Å². The number of nitrogens with zero attached hydrogens (tertiary/aromatic N) is 4. The summed E-state index contributed by atoms with van der Waals surface area (Å²) in [6.07, 6.45) is 0. The molecule has 0 saturated carbocycles. The van der Waals surface area contributed by atoms with Crippen molar-refractivity contribution in [2.75, 3.05) is 45.0 Å². The van der Waals surface area contributed by atoms with Gasteiger partial charge in [-0.25, -0.2) is 0 Å². The maximum atomic E-state index is 12.2. The van der Waals surface area contributed by atoms with Crippen molar-refractivity contribution in [1.29, 1.82) is 0 Å². The summed E-state index contributed by atoms with van der Waals surface area (Å²) >= 11 is 1.29. The monoisotopic (exact) mass is 324 g/mol. The van der Waals surface area contributed by atoms with Gasteiger partial charge in [0.15, 0.2) is 5.76 Å². The number of rotatable bonds is 4. The molecule has 1 aromatic rings. The van der Waals surface area contributed by atoms with Crippen molar-refractivity contribution in [2.45, 2.75) is 13.5 Å². The Hall–Kier alpha value is -1.54. The molecule has 0 aliphatic carbocycles. The van der Waals surface area contributed by atoms with E-state index in [2.05, 4.69) is 10.1 Å². The number of hydrogen-bond acceptors (Lipinski definition) is 6. The fourth-order valence-electron chi connectivity index (χ4n) is 2.70. The minimum Gasteiger partial charge on any atom is -0.360 e. The van der Waals surface area contributed by atoms with Gasteiger partial charge in [0.2, 0.25) is 5.91 Å². The molecule has 7 nitrogen and oxygen atoms in total. The Morgan fingerprint density at radius 3 is 2.68 bits per heavy atom.